The van der Waals surface area contributed by atoms with E-state index in [9.17, 15) is 21.6 Å². The molecule has 1 unspecified atom stereocenters. The van der Waals surface area contributed by atoms with Crippen molar-refractivity contribution in [1.29, 1.82) is 0 Å². The van der Waals surface area contributed by atoms with Crippen LogP contribution < -0.4 is 0 Å². The molecule has 25 heavy (non-hydrogen) atoms. The molecule has 0 aliphatic carbocycles. The molecule has 2 fully saturated rings. The Morgan fingerprint density at radius 3 is 2.40 bits per heavy atom. The summed E-state index contributed by atoms with van der Waals surface area (Å²) in [5.41, 5.74) is 0.00447. The zero-order valence-corrected chi connectivity index (χ0v) is 15.0. The lowest BCUT2D eigenvalue weighted by atomic mass is 9.95. The highest BCUT2D eigenvalue weighted by Crippen LogP contribution is 2.39. The average Bonchev–Trinajstić information content (AvgIpc) is 3.16. The quantitative estimate of drug-likeness (QED) is 0.811. The fourth-order valence-electron chi connectivity index (χ4n) is 3.96. The lowest BCUT2D eigenvalue weighted by molar-refractivity contribution is -0.137. The van der Waals surface area contributed by atoms with Crippen molar-refractivity contribution in [2.75, 3.05) is 25.4 Å². The molecule has 1 aromatic rings. The molecular formula is C17H23F3N2O2S. The van der Waals surface area contributed by atoms with Crippen LogP contribution in [-0.2, 0) is 22.7 Å². The Labute approximate surface area is 146 Å². The van der Waals surface area contributed by atoms with Gasteiger partial charge in [-0.15, -0.1) is 0 Å². The lowest BCUT2D eigenvalue weighted by Gasteiger charge is -2.35. The Bertz CT molecular complexity index is 718. The van der Waals surface area contributed by atoms with Gasteiger partial charge in [0.2, 0.25) is 10.0 Å². The van der Waals surface area contributed by atoms with Crippen LogP contribution in [0.2, 0.25) is 0 Å². The van der Waals surface area contributed by atoms with Crippen molar-refractivity contribution in [2.45, 2.75) is 44.4 Å². The predicted octanol–water partition coefficient (Wildman–Crippen LogP) is 3.10. The van der Waals surface area contributed by atoms with Gasteiger partial charge in [-0.2, -0.15) is 13.2 Å². The van der Waals surface area contributed by atoms with Gasteiger partial charge in [0.25, 0.3) is 0 Å². The number of nitrogens with zero attached hydrogens (tertiary/aromatic N) is 2. The molecule has 0 bridgehead atoms. The van der Waals surface area contributed by atoms with E-state index in [0.717, 1.165) is 43.5 Å². The van der Waals surface area contributed by atoms with Crippen molar-refractivity contribution < 1.29 is 21.6 Å². The van der Waals surface area contributed by atoms with Gasteiger partial charge < -0.3 is 0 Å². The van der Waals surface area contributed by atoms with Crippen LogP contribution in [0.4, 0.5) is 13.2 Å². The molecule has 0 N–H and O–H groups in total. The Kier molecular flexibility index (Phi) is 4.89. The van der Waals surface area contributed by atoms with E-state index < -0.39 is 21.8 Å². The molecule has 2 heterocycles. The van der Waals surface area contributed by atoms with Gasteiger partial charge in [0.1, 0.15) is 0 Å². The first-order chi connectivity index (χ1) is 11.7. The molecule has 2 aliphatic rings. The number of halogens is 3. The van der Waals surface area contributed by atoms with Crippen LogP contribution in [0, 0.1) is 0 Å². The van der Waals surface area contributed by atoms with Gasteiger partial charge >= 0.3 is 6.18 Å². The molecule has 3 rings (SSSR count). The summed E-state index contributed by atoms with van der Waals surface area (Å²) in [6.45, 7) is 4.07. The van der Waals surface area contributed by atoms with Crippen LogP contribution in [-0.4, -0.2) is 48.5 Å². The molecule has 140 valence electrons. The van der Waals surface area contributed by atoms with Crippen molar-refractivity contribution in [3.8, 4) is 0 Å². The summed E-state index contributed by atoms with van der Waals surface area (Å²) in [6, 6.07) is 5.26. The number of likely N-dealkylation sites (tertiary alicyclic amines) is 1. The van der Waals surface area contributed by atoms with Gasteiger partial charge in [-0.05, 0) is 50.4 Å². The first kappa shape index (κ1) is 18.7. The second-order valence-electron chi connectivity index (χ2n) is 6.93. The smallest absolute Gasteiger partial charge is 0.292 e. The third-order valence-electron chi connectivity index (χ3n) is 5.45. The number of benzene rings is 1. The van der Waals surface area contributed by atoms with Crippen LogP contribution in [0.15, 0.2) is 24.3 Å². The monoisotopic (exact) mass is 376 g/mol. The average molecular weight is 376 g/mol. The van der Waals surface area contributed by atoms with E-state index in [1.807, 2.05) is 0 Å². The maximum Gasteiger partial charge on any atom is 0.416 e. The molecule has 1 spiro atoms. The SMILES string of the molecule is CCS(=O)(=O)N1CCC2(CCCN2Cc2ccc(C(F)(F)F)cc2)C1. The second-order valence-corrected chi connectivity index (χ2v) is 9.19. The van der Waals surface area contributed by atoms with Crippen molar-refractivity contribution >= 4 is 10.0 Å². The first-order valence-corrected chi connectivity index (χ1v) is 10.2. The zero-order chi connectivity index (χ0) is 18.3. The predicted molar refractivity (Wildman–Crippen MR) is 89.5 cm³/mol. The highest BCUT2D eigenvalue weighted by atomic mass is 32.2. The normalized spacial score (nSPS) is 25.9. The molecule has 1 aromatic carbocycles. The third-order valence-corrected chi connectivity index (χ3v) is 7.28. The number of hydrogen-bond donors (Lipinski definition) is 0. The van der Waals surface area contributed by atoms with E-state index in [1.165, 1.54) is 12.1 Å². The molecule has 4 nitrogen and oxygen atoms in total. The Balaban J connectivity index is 1.73. The molecule has 0 aromatic heterocycles. The minimum atomic E-state index is -4.33. The molecule has 2 saturated heterocycles. The van der Waals surface area contributed by atoms with Gasteiger partial charge in [-0.1, -0.05) is 12.1 Å². The van der Waals surface area contributed by atoms with Gasteiger partial charge in [0, 0.05) is 25.2 Å². The van der Waals surface area contributed by atoms with E-state index in [0.29, 0.717) is 19.6 Å². The summed E-state index contributed by atoms with van der Waals surface area (Å²) in [6.07, 6.45) is -1.62. The molecule has 0 amide bonds. The summed E-state index contributed by atoms with van der Waals surface area (Å²) in [7, 11) is -3.20. The highest BCUT2D eigenvalue weighted by Gasteiger charge is 2.48. The summed E-state index contributed by atoms with van der Waals surface area (Å²) in [5.74, 6) is 0.0992. The van der Waals surface area contributed by atoms with E-state index in [4.69, 9.17) is 0 Å². The highest BCUT2D eigenvalue weighted by molar-refractivity contribution is 7.89. The molecule has 0 radical (unpaired) electrons. The lowest BCUT2D eigenvalue weighted by Crippen LogP contribution is -2.46. The van der Waals surface area contributed by atoms with E-state index in [1.54, 1.807) is 11.2 Å². The topological polar surface area (TPSA) is 40.6 Å². The molecule has 2 aliphatic heterocycles. The summed E-state index contributed by atoms with van der Waals surface area (Å²) in [5, 5.41) is 0. The van der Waals surface area contributed by atoms with Crippen molar-refractivity contribution in [1.82, 2.24) is 9.21 Å². The Morgan fingerprint density at radius 2 is 1.80 bits per heavy atom. The maximum absolute atomic E-state index is 12.7. The molecule has 0 saturated carbocycles. The third kappa shape index (κ3) is 3.71. The van der Waals surface area contributed by atoms with Gasteiger partial charge in [0.15, 0.2) is 0 Å². The van der Waals surface area contributed by atoms with Crippen LogP contribution in [0.3, 0.4) is 0 Å². The number of hydrogen-bond acceptors (Lipinski definition) is 3. The molecular weight excluding hydrogens is 353 g/mol. The van der Waals surface area contributed by atoms with Gasteiger partial charge in [0.05, 0.1) is 11.3 Å². The summed E-state index contributed by atoms with van der Waals surface area (Å²) < 4.78 is 63.9. The number of alkyl halides is 3. The molecule has 1 atom stereocenters. The summed E-state index contributed by atoms with van der Waals surface area (Å²) in [4.78, 5) is 2.25. The number of rotatable bonds is 4. The van der Waals surface area contributed by atoms with Gasteiger partial charge in [-0.3, -0.25) is 4.90 Å². The maximum atomic E-state index is 12.7. The van der Waals surface area contributed by atoms with Crippen LogP contribution in [0.5, 0.6) is 0 Å². The van der Waals surface area contributed by atoms with Crippen LogP contribution in [0.25, 0.3) is 0 Å². The van der Waals surface area contributed by atoms with Crippen molar-refractivity contribution in [3.63, 3.8) is 0 Å². The second kappa shape index (κ2) is 6.55. The fraction of sp³-hybridized carbons (Fsp3) is 0.647. The largest absolute Gasteiger partial charge is 0.416 e. The summed E-state index contributed by atoms with van der Waals surface area (Å²) >= 11 is 0. The zero-order valence-electron chi connectivity index (χ0n) is 14.2. The van der Waals surface area contributed by atoms with E-state index in [2.05, 4.69) is 4.90 Å². The van der Waals surface area contributed by atoms with E-state index >= 15 is 0 Å². The van der Waals surface area contributed by atoms with Crippen LogP contribution >= 0.6 is 0 Å². The first-order valence-electron chi connectivity index (χ1n) is 8.55. The van der Waals surface area contributed by atoms with Crippen molar-refractivity contribution in [3.05, 3.63) is 35.4 Å². The van der Waals surface area contributed by atoms with Crippen LogP contribution in [0.1, 0.15) is 37.3 Å². The standard InChI is InChI=1S/C17H23F3N2O2S/c1-2-25(23,24)22-11-9-16(13-22)8-3-10-21(16)12-14-4-6-15(7-5-14)17(18,19)20/h4-7H,2-3,8-13H2,1H3. The fourth-order valence-corrected chi connectivity index (χ4v) is 5.13. The minimum absolute atomic E-state index is 0.0992. The van der Waals surface area contributed by atoms with Crippen molar-refractivity contribution in [2.24, 2.45) is 0 Å². The Morgan fingerprint density at radius 1 is 1.12 bits per heavy atom. The minimum Gasteiger partial charge on any atom is -0.292 e. The Hall–Kier alpha value is -1.12. The molecule has 8 heteroatoms. The van der Waals surface area contributed by atoms with Gasteiger partial charge in [-0.25, -0.2) is 12.7 Å². The number of sulfonamides is 1. The van der Waals surface area contributed by atoms with E-state index in [-0.39, 0.29) is 11.3 Å².